The molecule has 1 aromatic carbocycles. The van der Waals surface area contributed by atoms with Gasteiger partial charge in [-0.1, -0.05) is 18.2 Å². The molecule has 2 rings (SSSR count). The molecule has 0 aromatic heterocycles. The van der Waals surface area contributed by atoms with Gasteiger partial charge in [0, 0.05) is 24.7 Å². The lowest BCUT2D eigenvalue weighted by molar-refractivity contribution is 0.425. The van der Waals surface area contributed by atoms with E-state index in [1.807, 2.05) is 13.1 Å². The Kier molecular flexibility index (Phi) is 2.48. The Labute approximate surface area is 84.1 Å². The van der Waals surface area contributed by atoms with Gasteiger partial charge in [0.05, 0.1) is 0 Å². The molecule has 0 radical (unpaired) electrons. The van der Waals surface area contributed by atoms with E-state index in [2.05, 4.69) is 11.0 Å². The van der Waals surface area contributed by atoms with Gasteiger partial charge < -0.3 is 14.9 Å². The van der Waals surface area contributed by atoms with E-state index >= 15 is 0 Å². The van der Waals surface area contributed by atoms with Gasteiger partial charge in [0.1, 0.15) is 0 Å². The van der Waals surface area contributed by atoms with E-state index in [1.54, 1.807) is 6.07 Å². The first-order valence-electron chi connectivity index (χ1n) is 4.89. The van der Waals surface area contributed by atoms with Crippen LogP contribution in [0.1, 0.15) is 12.0 Å². The highest BCUT2D eigenvalue weighted by molar-refractivity contribution is 6.60. The lowest BCUT2D eigenvalue weighted by Gasteiger charge is -2.29. The van der Waals surface area contributed by atoms with Gasteiger partial charge in [0.2, 0.25) is 0 Å². The predicted octanol–water partition coefficient (Wildman–Crippen LogP) is -0.251. The number of fused-ring (bicyclic) bond motifs is 1. The highest BCUT2D eigenvalue weighted by Gasteiger charge is 2.22. The van der Waals surface area contributed by atoms with Crippen molar-refractivity contribution in [2.45, 2.75) is 12.8 Å². The van der Waals surface area contributed by atoms with E-state index in [1.165, 1.54) is 5.56 Å². The number of aryl methyl sites for hydroxylation is 1. The smallest absolute Gasteiger partial charge is 0.423 e. The van der Waals surface area contributed by atoms with E-state index in [4.69, 9.17) is 0 Å². The molecule has 1 heterocycles. The molecule has 0 fully saturated rings. The normalized spacial score (nSPS) is 15.2. The van der Waals surface area contributed by atoms with Gasteiger partial charge in [-0.2, -0.15) is 0 Å². The summed E-state index contributed by atoms with van der Waals surface area (Å²) in [4.78, 5) is 2.09. The zero-order valence-electron chi connectivity index (χ0n) is 8.27. The highest BCUT2D eigenvalue weighted by atomic mass is 16.4. The molecule has 0 aliphatic carbocycles. The van der Waals surface area contributed by atoms with Crippen molar-refractivity contribution in [1.82, 2.24) is 0 Å². The quantitative estimate of drug-likeness (QED) is 0.601. The number of rotatable bonds is 1. The number of benzene rings is 1. The van der Waals surface area contributed by atoms with Crippen LogP contribution in [0.2, 0.25) is 0 Å². The minimum Gasteiger partial charge on any atom is -0.423 e. The Balaban J connectivity index is 2.52. The third-order valence-electron chi connectivity index (χ3n) is 2.75. The Morgan fingerprint density at radius 1 is 1.36 bits per heavy atom. The van der Waals surface area contributed by atoms with Crippen LogP contribution in [0.3, 0.4) is 0 Å². The Morgan fingerprint density at radius 3 is 2.86 bits per heavy atom. The number of hydrogen-bond acceptors (Lipinski definition) is 3. The fourth-order valence-corrected chi connectivity index (χ4v) is 2.11. The summed E-state index contributed by atoms with van der Waals surface area (Å²) in [6.45, 7) is 0.983. The van der Waals surface area contributed by atoms with Gasteiger partial charge in [0.25, 0.3) is 0 Å². The standard InChI is InChI=1S/C10H14BNO2/c1-12-7-3-5-8-4-2-6-9(10(8)12)11(13)14/h2,4,6,13-14H,3,5,7H2,1H3. The molecular weight excluding hydrogens is 177 g/mol. The van der Waals surface area contributed by atoms with Crippen molar-refractivity contribution in [2.75, 3.05) is 18.5 Å². The molecule has 1 aliphatic rings. The summed E-state index contributed by atoms with van der Waals surface area (Å²) < 4.78 is 0. The van der Waals surface area contributed by atoms with Crippen molar-refractivity contribution in [2.24, 2.45) is 0 Å². The molecule has 0 saturated heterocycles. The van der Waals surface area contributed by atoms with Gasteiger partial charge in [-0.3, -0.25) is 0 Å². The first kappa shape index (κ1) is 9.56. The third kappa shape index (κ3) is 1.51. The summed E-state index contributed by atoms with van der Waals surface area (Å²) >= 11 is 0. The van der Waals surface area contributed by atoms with E-state index < -0.39 is 7.12 Å². The van der Waals surface area contributed by atoms with Crippen molar-refractivity contribution >= 4 is 18.3 Å². The number of para-hydroxylation sites is 1. The molecule has 0 atom stereocenters. The van der Waals surface area contributed by atoms with Crippen LogP contribution in [0.4, 0.5) is 5.69 Å². The van der Waals surface area contributed by atoms with Gasteiger partial charge in [-0.05, 0) is 18.4 Å². The van der Waals surface area contributed by atoms with Crippen LogP contribution >= 0.6 is 0 Å². The topological polar surface area (TPSA) is 43.7 Å². The van der Waals surface area contributed by atoms with Crippen LogP contribution in [0.25, 0.3) is 0 Å². The maximum Gasteiger partial charge on any atom is 0.490 e. The van der Waals surface area contributed by atoms with Gasteiger partial charge in [-0.15, -0.1) is 0 Å². The van der Waals surface area contributed by atoms with Crippen molar-refractivity contribution in [3.8, 4) is 0 Å². The van der Waals surface area contributed by atoms with Crippen LogP contribution in [0.15, 0.2) is 18.2 Å². The summed E-state index contributed by atoms with van der Waals surface area (Å²) in [5.41, 5.74) is 2.82. The van der Waals surface area contributed by atoms with Gasteiger partial charge in [0.15, 0.2) is 0 Å². The fraction of sp³-hybridized carbons (Fsp3) is 0.400. The number of hydrogen-bond donors (Lipinski definition) is 2. The molecule has 1 aromatic rings. The molecule has 0 amide bonds. The summed E-state index contributed by atoms with van der Waals surface area (Å²) in [6.07, 6.45) is 2.16. The highest BCUT2D eigenvalue weighted by Crippen LogP contribution is 2.23. The average Bonchev–Trinajstić information content (AvgIpc) is 2.17. The molecule has 74 valence electrons. The molecule has 14 heavy (non-hydrogen) atoms. The van der Waals surface area contributed by atoms with Crippen LogP contribution < -0.4 is 10.4 Å². The molecular formula is C10H14BNO2. The third-order valence-corrected chi connectivity index (χ3v) is 2.75. The van der Waals surface area contributed by atoms with Gasteiger partial charge in [-0.25, -0.2) is 0 Å². The van der Waals surface area contributed by atoms with Crippen LogP contribution in [-0.4, -0.2) is 30.8 Å². The number of anilines is 1. The Morgan fingerprint density at radius 2 is 2.14 bits per heavy atom. The van der Waals surface area contributed by atoms with Crippen LogP contribution in [-0.2, 0) is 6.42 Å². The minimum atomic E-state index is -1.37. The lowest BCUT2D eigenvalue weighted by Crippen LogP contribution is -2.38. The molecule has 0 saturated carbocycles. The molecule has 1 aliphatic heterocycles. The molecule has 0 bridgehead atoms. The van der Waals surface area contributed by atoms with Crippen LogP contribution in [0.5, 0.6) is 0 Å². The molecule has 3 nitrogen and oxygen atoms in total. The van der Waals surface area contributed by atoms with E-state index in [0.717, 1.165) is 25.1 Å². The second-order valence-electron chi connectivity index (χ2n) is 3.75. The summed E-state index contributed by atoms with van der Waals surface area (Å²) in [5.74, 6) is 0. The summed E-state index contributed by atoms with van der Waals surface area (Å²) in [7, 11) is 0.620. The Hall–Kier alpha value is -0.995. The SMILES string of the molecule is CN1CCCc2cccc(B(O)O)c21. The summed E-state index contributed by atoms with van der Waals surface area (Å²) in [5, 5.41) is 18.5. The second kappa shape index (κ2) is 3.63. The maximum atomic E-state index is 9.23. The average molecular weight is 191 g/mol. The van der Waals surface area contributed by atoms with Crippen molar-refractivity contribution < 1.29 is 10.0 Å². The van der Waals surface area contributed by atoms with E-state index in [0.29, 0.717) is 5.46 Å². The second-order valence-corrected chi connectivity index (χ2v) is 3.75. The van der Waals surface area contributed by atoms with Crippen molar-refractivity contribution in [3.63, 3.8) is 0 Å². The molecule has 0 spiro atoms. The van der Waals surface area contributed by atoms with Crippen molar-refractivity contribution in [1.29, 1.82) is 0 Å². The van der Waals surface area contributed by atoms with Crippen molar-refractivity contribution in [3.05, 3.63) is 23.8 Å². The lowest BCUT2D eigenvalue weighted by atomic mass is 9.76. The maximum absolute atomic E-state index is 9.23. The van der Waals surface area contributed by atoms with Crippen LogP contribution in [0, 0.1) is 0 Å². The monoisotopic (exact) mass is 191 g/mol. The first-order valence-corrected chi connectivity index (χ1v) is 4.89. The Bertz CT molecular complexity index is 341. The first-order chi connectivity index (χ1) is 6.70. The fourth-order valence-electron chi connectivity index (χ4n) is 2.11. The largest absolute Gasteiger partial charge is 0.490 e. The zero-order chi connectivity index (χ0) is 10.1. The summed E-state index contributed by atoms with van der Waals surface area (Å²) in [6, 6.07) is 5.70. The van der Waals surface area contributed by atoms with Gasteiger partial charge >= 0.3 is 7.12 Å². The molecule has 0 unspecified atom stereocenters. The van der Waals surface area contributed by atoms with E-state index in [9.17, 15) is 10.0 Å². The molecule has 4 heteroatoms. The zero-order valence-corrected chi connectivity index (χ0v) is 8.27. The molecule has 2 N–H and O–H groups in total. The minimum absolute atomic E-state index is 0.615. The number of nitrogens with zero attached hydrogens (tertiary/aromatic N) is 1. The predicted molar refractivity (Wildman–Crippen MR) is 57.9 cm³/mol. The van der Waals surface area contributed by atoms with E-state index in [-0.39, 0.29) is 0 Å².